The summed E-state index contributed by atoms with van der Waals surface area (Å²) in [5, 5.41) is 20.3. The molecule has 0 aromatic heterocycles. The summed E-state index contributed by atoms with van der Waals surface area (Å²) in [5.74, 6) is 0.902. The molecule has 0 heterocycles. The Morgan fingerprint density at radius 1 is 1.09 bits per heavy atom. The maximum atomic E-state index is 12.4. The van der Waals surface area contributed by atoms with Crippen LogP contribution in [-0.4, -0.2) is 30.1 Å². The Morgan fingerprint density at radius 3 is 2.50 bits per heavy atom. The number of guanidine groups is 1. The van der Waals surface area contributed by atoms with E-state index in [1.54, 1.807) is 6.92 Å². The molecule has 7 heteroatoms. The Morgan fingerprint density at radius 2 is 1.81 bits per heavy atom. The molecule has 1 unspecified atom stereocenters. The molecule has 1 atom stereocenters. The van der Waals surface area contributed by atoms with Crippen molar-refractivity contribution in [3.8, 4) is 0 Å². The topological polar surface area (TPSA) is 85.8 Å². The van der Waals surface area contributed by atoms with Crippen LogP contribution >= 0.6 is 24.0 Å². The van der Waals surface area contributed by atoms with Gasteiger partial charge in [-0.15, -0.1) is 24.0 Å². The average Bonchev–Trinajstić information content (AvgIpc) is 3.32. The lowest BCUT2D eigenvalue weighted by molar-refractivity contribution is -0.119. The van der Waals surface area contributed by atoms with Gasteiger partial charge in [-0.1, -0.05) is 55.3 Å². The first-order chi connectivity index (χ1) is 15.0. The third kappa shape index (κ3) is 7.78. The monoisotopic (exact) mass is 550 g/mol. The van der Waals surface area contributed by atoms with Gasteiger partial charge in [0.05, 0.1) is 13.1 Å². The molecule has 0 spiro atoms. The molecule has 1 fully saturated rings. The van der Waals surface area contributed by atoms with Crippen LogP contribution in [0.15, 0.2) is 59.6 Å². The summed E-state index contributed by atoms with van der Waals surface area (Å²) in [5.41, 5.74) is 1.66. The van der Waals surface area contributed by atoms with Crippen LogP contribution in [0.1, 0.15) is 50.7 Å². The first-order valence-electron chi connectivity index (χ1n) is 11.2. The molecule has 6 nitrogen and oxygen atoms in total. The maximum absolute atomic E-state index is 12.4. The summed E-state index contributed by atoms with van der Waals surface area (Å²) in [4.78, 5) is 17.0. The smallest absolute Gasteiger partial charge is 0.227 e. The number of hydrogen-bond acceptors (Lipinski definition) is 3. The highest BCUT2D eigenvalue weighted by atomic mass is 127. The molecular weight excluding hydrogens is 515 g/mol. The zero-order valence-corrected chi connectivity index (χ0v) is 21.3. The number of halogens is 1. The van der Waals surface area contributed by atoms with Gasteiger partial charge in [-0.2, -0.15) is 0 Å². The van der Waals surface area contributed by atoms with E-state index in [2.05, 4.69) is 20.9 Å². The number of carbonyl (C=O) groups excluding carboxylic acids is 1. The van der Waals surface area contributed by atoms with Crippen LogP contribution < -0.4 is 16.0 Å². The summed E-state index contributed by atoms with van der Waals surface area (Å²) >= 11 is 0. The van der Waals surface area contributed by atoms with Crippen LogP contribution in [0.3, 0.4) is 0 Å². The van der Waals surface area contributed by atoms with Crippen molar-refractivity contribution in [3.05, 3.63) is 65.7 Å². The number of hydrogen-bond donors (Lipinski definition) is 4. The molecule has 0 radical (unpaired) electrons. The molecule has 3 rings (SSSR count). The van der Waals surface area contributed by atoms with Crippen molar-refractivity contribution in [3.63, 3.8) is 0 Å². The fraction of sp³-hybridized carbons (Fsp3) is 0.440. The predicted molar refractivity (Wildman–Crippen MR) is 141 cm³/mol. The average molecular weight is 550 g/mol. The highest BCUT2D eigenvalue weighted by Gasteiger charge is 2.23. The number of benzene rings is 2. The maximum Gasteiger partial charge on any atom is 0.227 e. The van der Waals surface area contributed by atoms with Gasteiger partial charge in [0, 0.05) is 18.2 Å². The number of anilines is 1. The van der Waals surface area contributed by atoms with Crippen LogP contribution in [0.25, 0.3) is 0 Å². The standard InChI is InChI=1S/C25H34N4O2.HI/c1-3-26-24(28-18-25(2,31)21-13-5-4-6-14-21)27-17-19-10-9-15-22(16-19)29-23(30)20-11-7-8-12-20;/h4-6,9-10,13-16,20,31H,3,7-8,11-12,17-18H2,1-2H3,(H,29,30)(H2,26,27,28);1H. The van der Waals surface area contributed by atoms with E-state index in [-0.39, 0.29) is 35.8 Å². The first-order valence-corrected chi connectivity index (χ1v) is 11.2. The highest BCUT2D eigenvalue weighted by molar-refractivity contribution is 14.0. The summed E-state index contributed by atoms with van der Waals surface area (Å²) < 4.78 is 0. The molecule has 1 saturated carbocycles. The quantitative estimate of drug-likeness (QED) is 0.223. The Kier molecular flexibility index (Phi) is 10.4. The van der Waals surface area contributed by atoms with Crippen molar-refractivity contribution >= 4 is 41.5 Å². The highest BCUT2D eigenvalue weighted by Crippen LogP contribution is 2.26. The molecule has 174 valence electrons. The Hall–Kier alpha value is -2.13. The summed E-state index contributed by atoms with van der Waals surface area (Å²) in [6.45, 7) is 5.31. The van der Waals surface area contributed by atoms with Crippen molar-refractivity contribution in [1.29, 1.82) is 0 Å². The van der Waals surface area contributed by atoms with Crippen LogP contribution in [0, 0.1) is 5.92 Å². The normalized spacial score (nSPS) is 16.0. The van der Waals surface area contributed by atoms with E-state index in [1.165, 1.54) is 0 Å². The summed E-state index contributed by atoms with van der Waals surface area (Å²) in [7, 11) is 0. The van der Waals surface area contributed by atoms with E-state index in [1.807, 2.05) is 61.5 Å². The van der Waals surface area contributed by atoms with E-state index < -0.39 is 5.60 Å². The van der Waals surface area contributed by atoms with Gasteiger partial charge < -0.3 is 21.1 Å². The van der Waals surface area contributed by atoms with Gasteiger partial charge in [-0.3, -0.25) is 4.79 Å². The lowest BCUT2D eigenvalue weighted by atomic mass is 9.96. The fourth-order valence-corrected chi connectivity index (χ4v) is 3.85. The Balaban J connectivity index is 0.00000363. The van der Waals surface area contributed by atoms with Gasteiger partial charge in [0.15, 0.2) is 5.96 Å². The van der Waals surface area contributed by atoms with Crippen molar-refractivity contribution in [1.82, 2.24) is 10.6 Å². The molecule has 0 saturated heterocycles. The Bertz CT molecular complexity index is 881. The predicted octanol–water partition coefficient (Wildman–Crippen LogP) is 4.40. The number of aliphatic hydroxyl groups is 1. The van der Waals surface area contributed by atoms with Crippen LogP contribution in [0.2, 0.25) is 0 Å². The van der Waals surface area contributed by atoms with Crippen molar-refractivity contribution in [2.45, 2.75) is 51.7 Å². The van der Waals surface area contributed by atoms with Gasteiger partial charge in [-0.05, 0) is 49.9 Å². The molecule has 2 aromatic carbocycles. The molecule has 1 aliphatic carbocycles. The number of amides is 1. The fourth-order valence-electron chi connectivity index (χ4n) is 3.85. The molecule has 32 heavy (non-hydrogen) atoms. The molecule has 2 aromatic rings. The molecular formula is C25H35IN4O2. The zero-order chi connectivity index (χ0) is 22.1. The van der Waals surface area contributed by atoms with E-state index in [0.29, 0.717) is 19.0 Å². The lowest BCUT2D eigenvalue weighted by Gasteiger charge is -2.25. The summed E-state index contributed by atoms with van der Waals surface area (Å²) in [6.07, 6.45) is 4.26. The van der Waals surface area contributed by atoms with Gasteiger partial charge in [0.25, 0.3) is 0 Å². The van der Waals surface area contributed by atoms with E-state index in [4.69, 9.17) is 0 Å². The number of aliphatic imine (C=N–C) groups is 1. The largest absolute Gasteiger partial charge is 0.384 e. The van der Waals surface area contributed by atoms with Crippen LogP contribution in [-0.2, 0) is 16.9 Å². The first kappa shape index (κ1) is 26.1. The summed E-state index contributed by atoms with van der Waals surface area (Å²) in [6, 6.07) is 17.4. The SMILES string of the molecule is CCNC(=NCc1cccc(NC(=O)C2CCCC2)c1)NCC(C)(O)c1ccccc1.I. The molecule has 1 amide bonds. The molecule has 0 bridgehead atoms. The van der Waals surface area contributed by atoms with Crippen molar-refractivity contribution in [2.24, 2.45) is 10.9 Å². The number of carbonyl (C=O) groups is 1. The second-order valence-corrected chi connectivity index (χ2v) is 8.36. The van der Waals surface area contributed by atoms with Gasteiger partial charge in [0.2, 0.25) is 5.91 Å². The molecule has 1 aliphatic rings. The zero-order valence-electron chi connectivity index (χ0n) is 18.9. The van der Waals surface area contributed by atoms with E-state index in [9.17, 15) is 9.90 Å². The molecule has 0 aliphatic heterocycles. The van der Waals surface area contributed by atoms with Crippen molar-refractivity contribution in [2.75, 3.05) is 18.4 Å². The van der Waals surface area contributed by atoms with Gasteiger partial charge >= 0.3 is 0 Å². The number of nitrogens with one attached hydrogen (secondary N) is 3. The van der Waals surface area contributed by atoms with E-state index in [0.717, 1.165) is 49.0 Å². The van der Waals surface area contributed by atoms with E-state index >= 15 is 0 Å². The second kappa shape index (κ2) is 12.8. The third-order valence-corrected chi connectivity index (χ3v) is 5.68. The second-order valence-electron chi connectivity index (χ2n) is 8.36. The Labute approximate surface area is 208 Å². The van der Waals surface area contributed by atoms with Gasteiger partial charge in [-0.25, -0.2) is 4.99 Å². The van der Waals surface area contributed by atoms with Crippen LogP contribution in [0.4, 0.5) is 5.69 Å². The third-order valence-electron chi connectivity index (χ3n) is 5.68. The number of rotatable bonds is 8. The number of nitrogens with zero attached hydrogens (tertiary/aromatic N) is 1. The van der Waals surface area contributed by atoms with Gasteiger partial charge in [0.1, 0.15) is 5.60 Å². The molecule has 4 N–H and O–H groups in total. The minimum absolute atomic E-state index is 0. The lowest BCUT2D eigenvalue weighted by Crippen LogP contribution is -2.44. The minimum Gasteiger partial charge on any atom is -0.384 e. The van der Waals surface area contributed by atoms with Crippen LogP contribution in [0.5, 0.6) is 0 Å². The minimum atomic E-state index is -1.01. The van der Waals surface area contributed by atoms with Crippen molar-refractivity contribution < 1.29 is 9.90 Å².